The van der Waals surface area contributed by atoms with Crippen LogP contribution < -0.4 is 5.32 Å². The monoisotopic (exact) mass is 391 g/mol. The first kappa shape index (κ1) is 18.0. The van der Waals surface area contributed by atoms with Crippen molar-refractivity contribution in [2.75, 3.05) is 0 Å². The van der Waals surface area contributed by atoms with Crippen LogP contribution in [0.1, 0.15) is 31.4 Å². The van der Waals surface area contributed by atoms with Gasteiger partial charge in [-0.3, -0.25) is 9.97 Å². The first-order valence-corrected chi connectivity index (χ1v) is 9.87. The lowest BCUT2D eigenvalue weighted by Crippen LogP contribution is -2.38. The normalized spacial score (nSPS) is 23.3. The van der Waals surface area contributed by atoms with Crippen molar-refractivity contribution < 1.29 is 9.50 Å². The summed E-state index contributed by atoms with van der Waals surface area (Å²) in [5.74, 6) is -0.128. The van der Waals surface area contributed by atoms with Crippen molar-refractivity contribution in [1.82, 2.24) is 24.8 Å². The van der Waals surface area contributed by atoms with E-state index in [0.29, 0.717) is 29.3 Å². The zero-order chi connectivity index (χ0) is 20.0. The van der Waals surface area contributed by atoms with Gasteiger partial charge in [0.1, 0.15) is 11.6 Å². The Morgan fingerprint density at radius 2 is 1.97 bits per heavy atom. The van der Waals surface area contributed by atoms with Gasteiger partial charge in [-0.1, -0.05) is 6.58 Å². The Kier molecular flexibility index (Phi) is 4.39. The second-order valence-electron chi connectivity index (χ2n) is 7.91. The lowest BCUT2D eigenvalue weighted by Gasteiger charge is -2.30. The number of fused-ring (bicyclic) bond motifs is 2. The van der Waals surface area contributed by atoms with Gasteiger partial charge < -0.3 is 15.0 Å². The number of aromatic nitrogens is 4. The molecule has 4 heterocycles. The van der Waals surface area contributed by atoms with Gasteiger partial charge in [-0.25, -0.2) is 9.37 Å². The number of halogens is 1. The van der Waals surface area contributed by atoms with E-state index in [1.165, 1.54) is 35.9 Å². The van der Waals surface area contributed by atoms with E-state index in [9.17, 15) is 9.50 Å². The quantitative estimate of drug-likeness (QED) is 0.709. The van der Waals surface area contributed by atoms with Gasteiger partial charge in [0.15, 0.2) is 0 Å². The second kappa shape index (κ2) is 7.08. The van der Waals surface area contributed by atoms with Gasteiger partial charge in [-0.15, -0.1) is 0 Å². The van der Waals surface area contributed by atoms with Crippen molar-refractivity contribution in [2.24, 2.45) is 5.92 Å². The third-order valence-electron chi connectivity index (χ3n) is 6.07. The number of aromatic hydroxyl groups is 1. The van der Waals surface area contributed by atoms with Crippen LogP contribution in [0.3, 0.4) is 0 Å². The molecule has 2 bridgehead atoms. The summed E-state index contributed by atoms with van der Waals surface area (Å²) in [6.45, 7) is 4.27. The molecule has 2 aliphatic rings. The van der Waals surface area contributed by atoms with Gasteiger partial charge in [0.25, 0.3) is 0 Å². The van der Waals surface area contributed by atoms with Gasteiger partial charge in [0.2, 0.25) is 0 Å². The Morgan fingerprint density at radius 1 is 1.17 bits per heavy atom. The van der Waals surface area contributed by atoms with Crippen LogP contribution in [0.5, 0.6) is 5.75 Å². The minimum absolute atomic E-state index is 0.0640. The fourth-order valence-corrected chi connectivity index (χ4v) is 4.54. The molecule has 2 aliphatic heterocycles. The fourth-order valence-electron chi connectivity index (χ4n) is 4.54. The standard InChI is InChI=1S/C22H22FN5O/c1-13(14-6-15-2-3-16(7-14)27-15)19-10-26-20(11-25-19)17-8-18(23)21(9-22(17)29)28-5-4-24-12-28/h4-5,8-12,14-16,27,29H,1-3,6-7H2. The van der Waals surface area contributed by atoms with Crippen LogP contribution in [-0.2, 0) is 0 Å². The molecule has 148 valence electrons. The Bertz CT molecular complexity index is 1040. The molecule has 0 radical (unpaired) electrons. The van der Waals surface area contributed by atoms with Crippen LogP contribution in [0.15, 0.2) is 49.8 Å². The van der Waals surface area contributed by atoms with E-state index >= 15 is 0 Å². The number of hydrogen-bond acceptors (Lipinski definition) is 5. The number of phenols is 1. The number of hydrogen-bond donors (Lipinski definition) is 2. The minimum atomic E-state index is -0.476. The zero-order valence-electron chi connectivity index (χ0n) is 15.9. The van der Waals surface area contributed by atoms with Crippen molar-refractivity contribution in [3.05, 3.63) is 61.3 Å². The average molecular weight is 391 g/mol. The minimum Gasteiger partial charge on any atom is -0.507 e. The third kappa shape index (κ3) is 3.31. The highest BCUT2D eigenvalue weighted by Gasteiger charge is 2.35. The summed E-state index contributed by atoms with van der Waals surface area (Å²) in [6, 6.07) is 3.80. The number of piperidine rings is 1. The number of nitrogens with one attached hydrogen (secondary N) is 1. The number of imidazole rings is 1. The summed E-state index contributed by atoms with van der Waals surface area (Å²) in [6.07, 6.45) is 12.5. The predicted molar refractivity (Wildman–Crippen MR) is 108 cm³/mol. The smallest absolute Gasteiger partial charge is 0.148 e. The molecule has 3 aromatic rings. The molecule has 2 fully saturated rings. The maximum Gasteiger partial charge on any atom is 0.148 e. The summed E-state index contributed by atoms with van der Waals surface area (Å²) in [5.41, 5.74) is 2.71. The maximum absolute atomic E-state index is 14.6. The summed E-state index contributed by atoms with van der Waals surface area (Å²) in [7, 11) is 0. The highest BCUT2D eigenvalue weighted by atomic mass is 19.1. The van der Waals surface area contributed by atoms with Crippen molar-refractivity contribution in [3.63, 3.8) is 0 Å². The first-order valence-electron chi connectivity index (χ1n) is 9.87. The molecular weight excluding hydrogens is 369 g/mol. The molecule has 0 aliphatic carbocycles. The van der Waals surface area contributed by atoms with Crippen molar-refractivity contribution >= 4 is 5.57 Å². The van der Waals surface area contributed by atoms with Crippen LogP contribution in [-0.4, -0.2) is 36.7 Å². The molecule has 5 rings (SSSR count). The van der Waals surface area contributed by atoms with E-state index < -0.39 is 5.82 Å². The molecular formula is C22H22FN5O. The van der Waals surface area contributed by atoms with Crippen LogP contribution in [0.4, 0.5) is 4.39 Å². The number of phenolic OH excluding ortho intramolecular Hbond substituents is 1. The van der Waals surface area contributed by atoms with Crippen LogP contribution in [0.2, 0.25) is 0 Å². The van der Waals surface area contributed by atoms with Crippen molar-refractivity contribution in [3.8, 4) is 22.7 Å². The Morgan fingerprint density at radius 3 is 2.62 bits per heavy atom. The van der Waals surface area contributed by atoms with E-state index in [1.54, 1.807) is 24.8 Å². The SMILES string of the molecule is C=C(c1cnc(-c2cc(F)c(-n3ccnc3)cc2O)cn1)C1CC2CCC(C1)N2. The Hall–Kier alpha value is -3.06. The summed E-state index contributed by atoms with van der Waals surface area (Å²) >= 11 is 0. The largest absolute Gasteiger partial charge is 0.507 e. The van der Waals surface area contributed by atoms with E-state index in [2.05, 4.69) is 26.8 Å². The van der Waals surface area contributed by atoms with Crippen molar-refractivity contribution in [2.45, 2.75) is 37.8 Å². The number of allylic oxidation sites excluding steroid dienone is 1. The van der Waals surface area contributed by atoms with Gasteiger partial charge in [0.05, 0.1) is 35.8 Å². The number of nitrogens with zero attached hydrogens (tertiary/aromatic N) is 4. The summed E-state index contributed by atoms with van der Waals surface area (Å²) in [5, 5.41) is 14.1. The second-order valence-corrected chi connectivity index (χ2v) is 7.91. The highest BCUT2D eigenvalue weighted by Crippen LogP contribution is 2.38. The van der Waals surface area contributed by atoms with Gasteiger partial charge >= 0.3 is 0 Å². The fraction of sp³-hybridized carbons (Fsp3) is 0.318. The Labute approximate surface area is 168 Å². The third-order valence-corrected chi connectivity index (χ3v) is 6.07. The molecule has 1 aromatic carbocycles. The van der Waals surface area contributed by atoms with E-state index in [1.807, 2.05) is 0 Å². The molecule has 0 amide bonds. The molecule has 0 spiro atoms. The molecule has 6 nitrogen and oxygen atoms in total. The number of rotatable bonds is 4. The van der Waals surface area contributed by atoms with E-state index in [0.717, 1.165) is 24.1 Å². The lowest BCUT2D eigenvalue weighted by molar-refractivity contribution is 0.351. The summed E-state index contributed by atoms with van der Waals surface area (Å²) in [4.78, 5) is 12.8. The van der Waals surface area contributed by atoms with E-state index in [-0.39, 0.29) is 11.4 Å². The lowest BCUT2D eigenvalue weighted by atomic mass is 9.85. The molecule has 29 heavy (non-hydrogen) atoms. The van der Waals surface area contributed by atoms with Gasteiger partial charge in [-0.05, 0) is 43.2 Å². The molecule has 2 unspecified atom stereocenters. The molecule has 2 aromatic heterocycles. The molecule has 0 saturated carbocycles. The molecule has 2 atom stereocenters. The topological polar surface area (TPSA) is 75.9 Å². The highest BCUT2D eigenvalue weighted by molar-refractivity contribution is 5.70. The van der Waals surface area contributed by atoms with Crippen LogP contribution in [0.25, 0.3) is 22.5 Å². The average Bonchev–Trinajstić information content (AvgIpc) is 3.38. The maximum atomic E-state index is 14.6. The number of benzene rings is 1. The van der Waals surface area contributed by atoms with Crippen LogP contribution >= 0.6 is 0 Å². The van der Waals surface area contributed by atoms with Gasteiger partial charge in [0, 0.05) is 36.1 Å². The van der Waals surface area contributed by atoms with Crippen molar-refractivity contribution in [1.29, 1.82) is 0 Å². The summed E-state index contributed by atoms with van der Waals surface area (Å²) < 4.78 is 16.1. The molecule has 2 saturated heterocycles. The predicted octanol–water partition coefficient (Wildman–Crippen LogP) is 3.72. The zero-order valence-corrected chi connectivity index (χ0v) is 15.9. The van der Waals surface area contributed by atoms with Gasteiger partial charge in [-0.2, -0.15) is 0 Å². The first-order chi connectivity index (χ1) is 14.1. The Balaban J connectivity index is 1.39. The molecule has 2 N–H and O–H groups in total. The van der Waals surface area contributed by atoms with E-state index in [4.69, 9.17) is 0 Å². The van der Waals surface area contributed by atoms with Crippen LogP contribution in [0, 0.1) is 11.7 Å². The molecule has 7 heteroatoms.